The number of ether oxygens (including phenoxy) is 1. The first-order chi connectivity index (χ1) is 11.2. The summed E-state index contributed by atoms with van der Waals surface area (Å²) in [7, 11) is 1.71. The summed E-state index contributed by atoms with van der Waals surface area (Å²) in [5.41, 5.74) is 0. The molecule has 2 N–H and O–H groups in total. The van der Waals surface area contributed by atoms with E-state index in [4.69, 9.17) is 14.1 Å². The average Bonchev–Trinajstić information content (AvgIpc) is 3.21. The Labute approximate surface area is 162 Å². The van der Waals surface area contributed by atoms with Gasteiger partial charge in [-0.15, -0.1) is 24.0 Å². The summed E-state index contributed by atoms with van der Waals surface area (Å²) in [6.45, 7) is 8.56. The second kappa shape index (κ2) is 11.7. The standard InChI is InChI=1S/C17H30N4O2.HI/c1-4-18-17(20-14(2)13-22-3)19-12-15(16-8-7-11-23-16)21-9-5-6-10-21;/h7-8,11,14-15H,4-6,9-10,12-13H2,1-3H3,(H2,18,19,20);1H. The van der Waals surface area contributed by atoms with Gasteiger partial charge in [0, 0.05) is 19.7 Å². The van der Waals surface area contributed by atoms with Crippen molar-refractivity contribution in [2.45, 2.75) is 38.8 Å². The molecule has 0 bridgehead atoms. The van der Waals surface area contributed by atoms with Gasteiger partial charge in [-0.3, -0.25) is 9.89 Å². The first-order valence-electron chi connectivity index (χ1n) is 8.55. The number of nitrogens with zero attached hydrogens (tertiary/aromatic N) is 2. The van der Waals surface area contributed by atoms with E-state index in [0.29, 0.717) is 13.2 Å². The third-order valence-corrected chi connectivity index (χ3v) is 4.02. The van der Waals surface area contributed by atoms with Crippen molar-refractivity contribution in [3.63, 3.8) is 0 Å². The summed E-state index contributed by atoms with van der Waals surface area (Å²) in [4.78, 5) is 7.24. The number of furan rings is 1. The Morgan fingerprint density at radius 2 is 2.17 bits per heavy atom. The van der Waals surface area contributed by atoms with E-state index >= 15 is 0 Å². The Morgan fingerprint density at radius 3 is 2.75 bits per heavy atom. The molecule has 0 spiro atoms. The van der Waals surface area contributed by atoms with Crippen molar-refractivity contribution >= 4 is 29.9 Å². The van der Waals surface area contributed by atoms with E-state index in [9.17, 15) is 0 Å². The van der Waals surface area contributed by atoms with Crippen molar-refractivity contribution in [3.05, 3.63) is 24.2 Å². The number of halogens is 1. The first kappa shape index (κ1) is 21.2. The van der Waals surface area contributed by atoms with E-state index in [1.165, 1.54) is 12.8 Å². The highest BCUT2D eigenvalue weighted by Crippen LogP contribution is 2.25. The normalized spacial score (nSPS) is 18.0. The van der Waals surface area contributed by atoms with Gasteiger partial charge in [0.05, 0.1) is 25.5 Å². The van der Waals surface area contributed by atoms with Crippen molar-refractivity contribution in [2.24, 2.45) is 4.99 Å². The van der Waals surface area contributed by atoms with Crippen LogP contribution in [-0.2, 0) is 4.74 Å². The van der Waals surface area contributed by atoms with Gasteiger partial charge in [0.1, 0.15) is 5.76 Å². The third-order valence-electron chi connectivity index (χ3n) is 4.02. The zero-order chi connectivity index (χ0) is 16.5. The van der Waals surface area contributed by atoms with E-state index < -0.39 is 0 Å². The van der Waals surface area contributed by atoms with Crippen molar-refractivity contribution in [3.8, 4) is 0 Å². The van der Waals surface area contributed by atoms with Crippen LogP contribution in [0, 0.1) is 0 Å². The van der Waals surface area contributed by atoms with E-state index in [1.54, 1.807) is 13.4 Å². The molecule has 1 fully saturated rings. The minimum Gasteiger partial charge on any atom is -0.468 e. The van der Waals surface area contributed by atoms with Crippen molar-refractivity contribution in [1.82, 2.24) is 15.5 Å². The number of hydrogen-bond acceptors (Lipinski definition) is 4. The van der Waals surface area contributed by atoms with Crippen LogP contribution in [0.4, 0.5) is 0 Å². The van der Waals surface area contributed by atoms with Gasteiger partial charge < -0.3 is 19.8 Å². The molecule has 1 aromatic heterocycles. The number of rotatable bonds is 8. The van der Waals surface area contributed by atoms with Gasteiger partial charge in [0.15, 0.2) is 5.96 Å². The number of likely N-dealkylation sites (tertiary alicyclic amines) is 1. The second-order valence-electron chi connectivity index (χ2n) is 5.99. The van der Waals surface area contributed by atoms with Crippen LogP contribution in [0.5, 0.6) is 0 Å². The minimum atomic E-state index is 0. The summed E-state index contributed by atoms with van der Waals surface area (Å²) in [6, 6.07) is 4.42. The van der Waals surface area contributed by atoms with E-state index in [2.05, 4.69) is 29.4 Å². The lowest BCUT2D eigenvalue weighted by atomic mass is 10.2. The number of guanidine groups is 1. The quantitative estimate of drug-likeness (QED) is 0.362. The molecular formula is C17H31IN4O2. The Bertz CT molecular complexity index is 461. The van der Waals surface area contributed by atoms with Gasteiger partial charge in [-0.05, 0) is 51.9 Å². The molecule has 1 saturated heterocycles. The third kappa shape index (κ3) is 6.60. The number of aliphatic imine (C=N–C) groups is 1. The van der Waals surface area contributed by atoms with Crippen LogP contribution in [0.2, 0.25) is 0 Å². The Kier molecular flexibility index (Phi) is 10.4. The van der Waals surface area contributed by atoms with E-state index in [0.717, 1.165) is 31.4 Å². The highest BCUT2D eigenvalue weighted by Gasteiger charge is 2.25. The summed E-state index contributed by atoms with van der Waals surface area (Å²) in [5, 5.41) is 6.67. The molecule has 1 aromatic rings. The van der Waals surface area contributed by atoms with Crippen LogP contribution < -0.4 is 10.6 Å². The molecule has 0 radical (unpaired) electrons. The molecule has 1 aliphatic heterocycles. The lowest BCUT2D eigenvalue weighted by molar-refractivity contribution is 0.178. The monoisotopic (exact) mass is 450 g/mol. The second-order valence-corrected chi connectivity index (χ2v) is 5.99. The van der Waals surface area contributed by atoms with Crippen LogP contribution in [0.3, 0.4) is 0 Å². The molecule has 0 amide bonds. The molecule has 24 heavy (non-hydrogen) atoms. The molecule has 2 atom stereocenters. The van der Waals surface area contributed by atoms with Crippen LogP contribution in [0.15, 0.2) is 27.8 Å². The molecule has 1 aliphatic rings. The summed E-state index contributed by atoms with van der Waals surface area (Å²) in [6.07, 6.45) is 4.25. The zero-order valence-corrected chi connectivity index (χ0v) is 17.3. The molecule has 7 heteroatoms. The SMILES string of the molecule is CCNC(=NCC(c1ccco1)N1CCCC1)NC(C)COC.I. The lowest BCUT2D eigenvalue weighted by Gasteiger charge is -2.25. The lowest BCUT2D eigenvalue weighted by Crippen LogP contribution is -2.44. The molecule has 2 heterocycles. The Morgan fingerprint density at radius 1 is 1.42 bits per heavy atom. The fourth-order valence-electron chi connectivity index (χ4n) is 2.94. The smallest absolute Gasteiger partial charge is 0.191 e. The largest absolute Gasteiger partial charge is 0.468 e. The number of nitrogens with one attached hydrogen (secondary N) is 2. The highest BCUT2D eigenvalue weighted by molar-refractivity contribution is 14.0. The molecule has 6 nitrogen and oxygen atoms in total. The molecule has 2 rings (SSSR count). The van der Waals surface area contributed by atoms with Gasteiger partial charge >= 0.3 is 0 Å². The first-order valence-corrected chi connectivity index (χ1v) is 8.55. The molecule has 0 saturated carbocycles. The van der Waals surface area contributed by atoms with Crippen LogP contribution >= 0.6 is 24.0 Å². The zero-order valence-electron chi connectivity index (χ0n) is 15.0. The predicted octanol–water partition coefficient (Wildman–Crippen LogP) is 2.62. The fourth-order valence-corrected chi connectivity index (χ4v) is 2.94. The predicted molar refractivity (Wildman–Crippen MR) is 108 cm³/mol. The molecule has 0 aromatic carbocycles. The average molecular weight is 450 g/mol. The van der Waals surface area contributed by atoms with Gasteiger partial charge in [0.2, 0.25) is 0 Å². The topological polar surface area (TPSA) is 62.0 Å². The van der Waals surface area contributed by atoms with Gasteiger partial charge in [-0.25, -0.2) is 0 Å². The highest BCUT2D eigenvalue weighted by atomic mass is 127. The van der Waals surface area contributed by atoms with Gasteiger partial charge in [-0.2, -0.15) is 0 Å². The van der Waals surface area contributed by atoms with E-state index in [-0.39, 0.29) is 36.1 Å². The van der Waals surface area contributed by atoms with Crippen LogP contribution in [-0.4, -0.2) is 56.8 Å². The van der Waals surface area contributed by atoms with Gasteiger partial charge in [0.25, 0.3) is 0 Å². The summed E-state index contributed by atoms with van der Waals surface area (Å²) >= 11 is 0. The molecule has 2 unspecified atom stereocenters. The molecule has 0 aliphatic carbocycles. The Hall–Kier alpha value is -0.800. The maximum atomic E-state index is 5.65. The number of hydrogen-bond donors (Lipinski definition) is 2. The molecular weight excluding hydrogens is 419 g/mol. The maximum Gasteiger partial charge on any atom is 0.191 e. The number of methoxy groups -OCH3 is 1. The van der Waals surface area contributed by atoms with Crippen LogP contribution in [0.25, 0.3) is 0 Å². The maximum absolute atomic E-state index is 5.65. The van der Waals surface area contributed by atoms with Crippen molar-refractivity contribution < 1.29 is 9.15 Å². The Balaban J connectivity index is 0.00000288. The van der Waals surface area contributed by atoms with Gasteiger partial charge in [-0.1, -0.05) is 0 Å². The fraction of sp³-hybridized carbons (Fsp3) is 0.706. The minimum absolute atomic E-state index is 0. The van der Waals surface area contributed by atoms with E-state index in [1.807, 2.05) is 12.1 Å². The van der Waals surface area contributed by atoms with Crippen LogP contribution in [0.1, 0.15) is 38.5 Å². The van der Waals surface area contributed by atoms with Crippen molar-refractivity contribution in [2.75, 3.05) is 39.9 Å². The molecule has 138 valence electrons. The summed E-state index contributed by atoms with van der Waals surface area (Å²) in [5.74, 6) is 1.82. The van der Waals surface area contributed by atoms with Crippen molar-refractivity contribution in [1.29, 1.82) is 0 Å². The summed E-state index contributed by atoms with van der Waals surface area (Å²) < 4.78 is 10.8.